The molecule has 0 bridgehead atoms. The van der Waals surface area contributed by atoms with Crippen LogP contribution >= 0.6 is 23.2 Å². The Morgan fingerprint density at radius 2 is 1.52 bits per heavy atom. The van der Waals surface area contributed by atoms with Crippen molar-refractivity contribution < 1.29 is 13.2 Å². The second-order valence-electron chi connectivity index (χ2n) is 7.20. The highest BCUT2D eigenvalue weighted by atomic mass is 35.5. The van der Waals surface area contributed by atoms with E-state index in [1.54, 1.807) is 36.4 Å². The van der Waals surface area contributed by atoms with Crippen LogP contribution < -0.4 is 5.32 Å². The molecule has 31 heavy (non-hydrogen) atoms. The Balaban J connectivity index is 1.93. The van der Waals surface area contributed by atoms with E-state index in [2.05, 4.69) is 5.32 Å². The first-order chi connectivity index (χ1) is 14.7. The molecule has 0 fully saturated rings. The molecule has 5 nitrogen and oxygen atoms in total. The Kier molecular flexibility index (Phi) is 7.38. The molecule has 8 heteroatoms. The van der Waals surface area contributed by atoms with Crippen LogP contribution in [0.1, 0.15) is 16.7 Å². The molecule has 1 amide bonds. The van der Waals surface area contributed by atoms with Crippen LogP contribution in [0.15, 0.2) is 71.6 Å². The van der Waals surface area contributed by atoms with Crippen LogP contribution in [0.3, 0.4) is 0 Å². The molecule has 0 saturated heterocycles. The van der Waals surface area contributed by atoms with Crippen molar-refractivity contribution in [3.05, 3.63) is 93.5 Å². The zero-order valence-electron chi connectivity index (χ0n) is 17.1. The number of amides is 1. The fourth-order valence-corrected chi connectivity index (χ4v) is 4.91. The van der Waals surface area contributed by atoms with Gasteiger partial charge in [0.05, 0.1) is 11.4 Å². The van der Waals surface area contributed by atoms with Crippen molar-refractivity contribution in [2.24, 2.45) is 0 Å². The number of hydrogen-bond acceptors (Lipinski definition) is 3. The summed E-state index contributed by atoms with van der Waals surface area (Å²) in [6.45, 7) is 3.23. The minimum atomic E-state index is -3.99. The lowest BCUT2D eigenvalue weighted by Gasteiger charge is -2.23. The fourth-order valence-electron chi connectivity index (χ4n) is 3.03. The molecule has 0 atom stereocenters. The summed E-state index contributed by atoms with van der Waals surface area (Å²) >= 11 is 12.5. The number of benzene rings is 3. The number of hydrogen-bond donors (Lipinski definition) is 1. The highest BCUT2D eigenvalue weighted by Crippen LogP contribution is 2.28. The van der Waals surface area contributed by atoms with Crippen LogP contribution in [0.4, 0.5) is 5.69 Å². The largest absolute Gasteiger partial charge is 0.325 e. The average Bonchev–Trinajstić information content (AvgIpc) is 2.70. The number of anilines is 1. The van der Waals surface area contributed by atoms with Crippen molar-refractivity contribution in [3.63, 3.8) is 0 Å². The monoisotopic (exact) mass is 476 g/mol. The molecule has 1 N–H and O–H groups in total. The van der Waals surface area contributed by atoms with Gasteiger partial charge in [0.15, 0.2) is 0 Å². The Hall–Kier alpha value is -2.38. The van der Waals surface area contributed by atoms with Crippen LogP contribution in [0.2, 0.25) is 10.0 Å². The van der Waals surface area contributed by atoms with E-state index in [9.17, 15) is 13.2 Å². The summed E-state index contributed by atoms with van der Waals surface area (Å²) in [6, 6.07) is 18.7. The third kappa shape index (κ3) is 5.86. The Morgan fingerprint density at radius 1 is 0.903 bits per heavy atom. The smallest absolute Gasteiger partial charge is 0.243 e. The van der Waals surface area contributed by atoms with E-state index in [1.807, 2.05) is 32.0 Å². The van der Waals surface area contributed by atoms with Gasteiger partial charge in [-0.05, 0) is 55.8 Å². The van der Waals surface area contributed by atoms with Crippen molar-refractivity contribution in [2.75, 3.05) is 11.9 Å². The molecule has 0 aliphatic rings. The van der Waals surface area contributed by atoms with Gasteiger partial charge in [-0.2, -0.15) is 4.31 Å². The van der Waals surface area contributed by atoms with Crippen molar-refractivity contribution in [2.45, 2.75) is 25.3 Å². The molecule has 0 spiro atoms. The van der Waals surface area contributed by atoms with Gasteiger partial charge in [-0.1, -0.05) is 59.1 Å². The first kappa shape index (κ1) is 23.3. The number of sulfonamides is 1. The van der Waals surface area contributed by atoms with Gasteiger partial charge >= 0.3 is 0 Å². The van der Waals surface area contributed by atoms with Crippen molar-refractivity contribution in [1.82, 2.24) is 4.31 Å². The molecule has 0 unspecified atom stereocenters. The third-order valence-electron chi connectivity index (χ3n) is 4.68. The van der Waals surface area contributed by atoms with Gasteiger partial charge in [0.1, 0.15) is 0 Å². The topological polar surface area (TPSA) is 66.5 Å². The molecular formula is C23H22Cl2N2O3S. The molecule has 0 heterocycles. The van der Waals surface area contributed by atoms with Crippen LogP contribution in [-0.4, -0.2) is 25.2 Å². The van der Waals surface area contributed by atoms with E-state index in [1.165, 1.54) is 12.1 Å². The van der Waals surface area contributed by atoms with Crippen LogP contribution in [0.25, 0.3) is 0 Å². The second-order valence-corrected chi connectivity index (χ2v) is 9.96. The lowest BCUT2D eigenvalue weighted by molar-refractivity contribution is -0.116. The van der Waals surface area contributed by atoms with E-state index in [4.69, 9.17) is 23.2 Å². The number of carbonyl (C=O) groups excluding carboxylic acids is 1. The molecule has 3 aromatic rings. The van der Waals surface area contributed by atoms with Gasteiger partial charge < -0.3 is 5.32 Å². The summed E-state index contributed by atoms with van der Waals surface area (Å²) in [7, 11) is -3.99. The lowest BCUT2D eigenvalue weighted by Crippen LogP contribution is -2.37. The summed E-state index contributed by atoms with van der Waals surface area (Å²) in [5.41, 5.74) is 2.93. The fraction of sp³-hybridized carbons (Fsp3) is 0.174. The van der Waals surface area contributed by atoms with Crippen LogP contribution in [0, 0.1) is 13.8 Å². The number of rotatable bonds is 7. The van der Waals surface area contributed by atoms with E-state index >= 15 is 0 Å². The maximum absolute atomic E-state index is 13.4. The molecule has 3 aromatic carbocycles. The van der Waals surface area contributed by atoms with Gasteiger partial charge in [0, 0.05) is 27.8 Å². The number of carbonyl (C=O) groups is 1. The second kappa shape index (κ2) is 9.83. The Labute approximate surface area is 192 Å². The van der Waals surface area contributed by atoms with E-state index in [0.717, 1.165) is 15.4 Å². The normalized spacial score (nSPS) is 11.5. The van der Waals surface area contributed by atoms with Gasteiger partial charge in [0.25, 0.3) is 0 Å². The predicted octanol–water partition coefficient (Wildman–Crippen LogP) is 5.44. The zero-order chi connectivity index (χ0) is 22.6. The van der Waals surface area contributed by atoms with Gasteiger partial charge in [-0.3, -0.25) is 4.79 Å². The summed E-state index contributed by atoms with van der Waals surface area (Å²) in [6.07, 6.45) is 0. The molecule has 0 radical (unpaired) electrons. The summed E-state index contributed by atoms with van der Waals surface area (Å²) in [4.78, 5) is 12.8. The summed E-state index contributed by atoms with van der Waals surface area (Å²) in [5, 5.41) is 3.41. The quantitative estimate of drug-likeness (QED) is 0.493. The first-order valence-corrected chi connectivity index (χ1v) is 11.7. The van der Waals surface area contributed by atoms with E-state index in [0.29, 0.717) is 21.3 Å². The zero-order valence-corrected chi connectivity index (χ0v) is 19.4. The molecule has 162 valence electrons. The van der Waals surface area contributed by atoms with Gasteiger partial charge in [-0.15, -0.1) is 0 Å². The molecular weight excluding hydrogens is 455 g/mol. The maximum Gasteiger partial charge on any atom is 0.243 e. The van der Waals surface area contributed by atoms with Crippen molar-refractivity contribution in [3.8, 4) is 0 Å². The minimum Gasteiger partial charge on any atom is -0.325 e. The number of halogens is 2. The number of nitrogens with zero attached hydrogens (tertiary/aromatic N) is 1. The lowest BCUT2D eigenvalue weighted by atomic mass is 10.2. The van der Waals surface area contributed by atoms with Gasteiger partial charge in [-0.25, -0.2) is 8.42 Å². The predicted molar refractivity (Wildman–Crippen MR) is 125 cm³/mol. The molecule has 0 aliphatic carbocycles. The molecule has 3 rings (SSSR count). The van der Waals surface area contributed by atoms with Crippen LogP contribution in [-0.2, 0) is 21.4 Å². The van der Waals surface area contributed by atoms with E-state index in [-0.39, 0.29) is 11.4 Å². The first-order valence-electron chi connectivity index (χ1n) is 9.53. The minimum absolute atomic E-state index is 0.0876. The molecule has 0 aliphatic heterocycles. The summed E-state index contributed by atoms with van der Waals surface area (Å²) < 4.78 is 27.8. The molecule has 0 saturated carbocycles. The third-order valence-corrected chi connectivity index (χ3v) is 7.19. The van der Waals surface area contributed by atoms with Crippen LogP contribution in [0.5, 0.6) is 0 Å². The SMILES string of the molecule is Cc1ccc(S(=O)(=O)N(CC(=O)Nc2cccc(C)c2)Cc2c(Cl)cccc2Cl)cc1. The van der Waals surface area contributed by atoms with Gasteiger partial charge in [0.2, 0.25) is 15.9 Å². The number of nitrogens with one attached hydrogen (secondary N) is 1. The van der Waals surface area contributed by atoms with E-state index < -0.39 is 22.5 Å². The highest BCUT2D eigenvalue weighted by molar-refractivity contribution is 7.89. The number of aryl methyl sites for hydroxylation is 2. The van der Waals surface area contributed by atoms with Crippen molar-refractivity contribution >= 4 is 44.8 Å². The maximum atomic E-state index is 13.4. The highest BCUT2D eigenvalue weighted by Gasteiger charge is 2.28. The average molecular weight is 477 g/mol. The molecule has 0 aromatic heterocycles. The Bertz CT molecular complexity index is 1180. The summed E-state index contributed by atoms with van der Waals surface area (Å²) in [5.74, 6) is -0.468. The van der Waals surface area contributed by atoms with Crippen molar-refractivity contribution in [1.29, 1.82) is 0 Å². The standard InChI is InChI=1S/C23H22Cl2N2O3S/c1-16-9-11-19(12-10-16)31(29,30)27(14-20-21(24)7-4-8-22(20)25)15-23(28)26-18-6-3-5-17(2)13-18/h3-13H,14-15H2,1-2H3,(H,26,28). The Morgan fingerprint density at radius 3 is 2.13 bits per heavy atom.